The topological polar surface area (TPSA) is 95.6 Å². The monoisotopic (exact) mass is 525 g/mol. The first kappa shape index (κ1) is 25.7. The van der Waals surface area contributed by atoms with Crippen LogP contribution in [0.5, 0.6) is 0 Å². The Labute approximate surface area is 216 Å². The summed E-state index contributed by atoms with van der Waals surface area (Å²) in [6, 6.07) is 14.4. The van der Waals surface area contributed by atoms with Gasteiger partial charge in [-0.25, -0.2) is 8.42 Å². The zero-order chi connectivity index (χ0) is 26.2. The van der Waals surface area contributed by atoms with Crippen molar-refractivity contribution in [3.8, 4) is 0 Å². The fourth-order valence-electron chi connectivity index (χ4n) is 4.31. The molecule has 0 saturated heterocycles. The number of sulfonamides is 1. The minimum atomic E-state index is -4.22. The van der Waals surface area contributed by atoms with Gasteiger partial charge in [0.25, 0.3) is 10.0 Å². The fourth-order valence-corrected chi connectivity index (χ4v) is 6.45. The lowest BCUT2D eigenvalue weighted by molar-refractivity contribution is -0.125. The van der Waals surface area contributed by atoms with Gasteiger partial charge in [-0.1, -0.05) is 47.5 Å². The lowest BCUT2D eigenvalue weighted by Crippen LogP contribution is -2.52. The summed E-state index contributed by atoms with van der Waals surface area (Å²) < 4.78 is 29.1. The molecule has 0 aromatic heterocycles. The van der Waals surface area contributed by atoms with Gasteiger partial charge in [0.05, 0.1) is 22.7 Å². The molecule has 2 amide bonds. The summed E-state index contributed by atoms with van der Waals surface area (Å²) in [6.07, 6.45) is -0.337. The Hall–Kier alpha value is -3.36. The molecule has 1 aliphatic rings. The van der Waals surface area contributed by atoms with Crippen molar-refractivity contribution < 1.29 is 18.0 Å². The molecule has 1 atom stereocenters. The Bertz CT molecular complexity index is 1470. The fraction of sp³-hybridized carbons (Fsp3) is 0.259. The molecule has 7 nitrogen and oxygen atoms in total. The molecule has 0 aliphatic carbocycles. The van der Waals surface area contributed by atoms with E-state index in [4.69, 9.17) is 11.6 Å². The molecule has 188 valence electrons. The number of carbonyl (C=O) groups excluding carboxylic acids is 2. The summed E-state index contributed by atoms with van der Waals surface area (Å²) in [5.41, 5.74) is 4.77. The van der Waals surface area contributed by atoms with Crippen molar-refractivity contribution in [1.82, 2.24) is 5.32 Å². The number of nitrogens with zero attached hydrogens (tertiary/aromatic N) is 1. The average Bonchev–Trinajstić information content (AvgIpc) is 2.82. The van der Waals surface area contributed by atoms with Gasteiger partial charge in [-0.15, -0.1) is 0 Å². The van der Waals surface area contributed by atoms with E-state index in [-0.39, 0.29) is 17.9 Å². The van der Waals surface area contributed by atoms with Gasteiger partial charge in [-0.3, -0.25) is 13.9 Å². The zero-order valence-corrected chi connectivity index (χ0v) is 22.1. The number of fused-ring (bicyclic) bond motifs is 1. The first-order chi connectivity index (χ1) is 17.0. The molecule has 1 aliphatic heterocycles. The van der Waals surface area contributed by atoms with Crippen LogP contribution in [0.3, 0.4) is 0 Å². The van der Waals surface area contributed by atoms with Crippen LogP contribution < -0.4 is 14.9 Å². The number of amides is 2. The summed E-state index contributed by atoms with van der Waals surface area (Å²) >= 11 is 6.20. The van der Waals surface area contributed by atoms with E-state index < -0.39 is 27.9 Å². The van der Waals surface area contributed by atoms with E-state index in [9.17, 15) is 18.0 Å². The SMILES string of the molecule is Cc1ccc(C)c(CNC(=O)CC2C(=O)Nc3ccccc3N2S(=O)(=O)c2cc(C)c(Cl)cc2C)c1. The van der Waals surface area contributed by atoms with Crippen LogP contribution in [0.25, 0.3) is 0 Å². The van der Waals surface area contributed by atoms with E-state index in [1.807, 2.05) is 32.0 Å². The second-order valence-corrected chi connectivity index (χ2v) is 11.3. The second kappa shape index (κ2) is 9.95. The Morgan fingerprint density at radius 2 is 1.72 bits per heavy atom. The van der Waals surface area contributed by atoms with Crippen molar-refractivity contribution in [1.29, 1.82) is 0 Å². The van der Waals surface area contributed by atoms with Gasteiger partial charge in [0.1, 0.15) is 6.04 Å². The van der Waals surface area contributed by atoms with E-state index in [1.165, 1.54) is 6.07 Å². The van der Waals surface area contributed by atoms with Gasteiger partial charge >= 0.3 is 0 Å². The van der Waals surface area contributed by atoms with Crippen molar-refractivity contribution in [2.24, 2.45) is 0 Å². The molecule has 3 aromatic carbocycles. The van der Waals surface area contributed by atoms with Crippen molar-refractivity contribution >= 4 is 44.8 Å². The largest absolute Gasteiger partial charge is 0.352 e. The summed E-state index contributed by atoms with van der Waals surface area (Å²) in [7, 11) is -4.22. The van der Waals surface area contributed by atoms with Crippen LogP contribution in [0, 0.1) is 27.7 Å². The van der Waals surface area contributed by atoms with Crippen LogP contribution in [-0.4, -0.2) is 26.3 Å². The lowest BCUT2D eigenvalue weighted by Gasteiger charge is -2.37. The van der Waals surface area contributed by atoms with Crippen LogP contribution in [-0.2, 0) is 26.2 Å². The number of hydrogen-bond donors (Lipinski definition) is 2. The maximum Gasteiger partial charge on any atom is 0.265 e. The number of halogens is 1. The van der Waals surface area contributed by atoms with E-state index in [2.05, 4.69) is 10.6 Å². The third kappa shape index (κ3) is 4.96. The zero-order valence-electron chi connectivity index (χ0n) is 20.6. The highest BCUT2D eigenvalue weighted by Gasteiger charge is 2.42. The first-order valence-electron chi connectivity index (χ1n) is 11.5. The second-order valence-electron chi connectivity index (χ2n) is 9.10. The molecule has 1 unspecified atom stereocenters. The van der Waals surface area contributed by atoms with Crippen LogP contribution in [0.2, 0.25) is 5.02 Å². The third-order valence-corrected chi connectivity index (χ3v) is 8.71. The summed E-state index contributed by atoms with van der Waals surface area (Å²) in [6.45, 7) is 7.57. The normalized spacial score (nSPS) is 15.3. The number of rotatable bonds is 6. The van der Waals surface area contributed by atoms with Crippen molar-refractivity contribution in [2.45, 2.75) is 51.6 Å². The molecular formula is C27H28ClN3O4S. The maximum atomic E-state index is 14.0. The van der Waals surface area contributed by atoms with Gasteiger partial charge in [-0.05, 0) is 74.2 Å². The van der Waals surface area contributed by atoms with Crippen molar-refractivity contribution in [3.63, 3.8) is 0 Å². The van der Waals surface area contributed by atoms with E-state index in [1.54, 1.807) is 44.2 Å². The number of carbonyl (C=O) groups is 2. The Morgan fingerprint density at radius 1 is 1.00 bits per heavy atom. The van der Waals surface area contributed by atoms with Crippen molar-refractivity contribution in [3.05, 3.63) is 87.4 Å². The smallest absolute Gasteiger partial charge is 0.265 e. The molecular weight excluding hydrogens is 498 g/mol. The standard InChI is InChI=1S/C27H28ClN3O4S/c1-16-9-10-17(2)20(11-16)15-29-26(32)14-24-27(33)30-22-7-5-6-8-23(22)31(24)36(34,35)25-13-18(3)21(28)12-19(25)4/h5-13,24H,14-15H2,1-4H3,(H,29,32)(H,30,33). The van der Waals surface area contributed by atoms with E-state index in [0.29, 0.717) is 27.5 Å². The third-order valence-electron chi connectivity index (χ3n) is 6.34. The number of benzene rings is 3. The minimum Gasteiger partial charge on any atom is -0.352 e. The van der Waals surface area contributed by atoms with Gasteiger partial charge < -0.3 is 10.6 Å². The molecule has 0 spiro atoms. The van der Waals surface area contributed by atoms with Crippen LogP contribution in [0.15, 0.2) is 59.5 Å². The Kier molecular flexibility index (Phi) is 7.11. The van der Waals surface area contributed by atoms with Gasteiger partial charge in [0.2, 0.25) is 11.8 Å². The van der Waals surface area contributed by atoms with Gasteiger partial charge in [0, 0.05) is 11.6 Å². The van der Waals surface area contributed by atoms with E-state index in [0.717, 1.165) is 21.0 Å². The summed E-state index contributed by atoms with van der Waals surface area (Å²) in [4.78, 5) is 26.2. The predicted molar refractivity (Wildman–Crippen MR) is 142 cm³/mol. The highest BCUT2D eigenvalue weighted by atomic mass is 35.5. The van der Waals surface area contributed by atoms with Crippen LogP contribution >= 0.6 is 11.6 Å². The molecule has 4 rings (SSSR count). The number of anilines is 2. The Balaban J connectivity index is 1.69. The van der Waals surface area contributed by atoms with Gasteiger partial charge in [0.15, 0.2) is 0 Å². The number of aryl methyl sites for hydroxylation is 4. The Morgan fingerprint density at radius 3 is 2.47 bits per heavy atom. The molecule has 3 aromatic rings. The molecule has 0 fully saturated rings. The average molecular weight is 526 g/mol. The van der Waals surface area contributed by atoms with Gasteiger partial charge in [-0.2, -0.15) is 0 Å². The number of nitrogens with one attached hydrogen (secondary N) is 2. The molecule has 0 bridgehead atoms. The van der Waals surface area contributed by atoms with E-state index >= 15 is 0 Å². The molecule has 1 heterocycles. The maximum absolute atomic E-state index is 14.0. The van der Waals surface area contributed by atoms with Crippen LogP contribution in [0.1, 0.15) is 34.2 Å². The molecule has 9 heteroatoms. The number of hydrogen-bond acceptors (Lipinski definition) is 4. The van der Waals surface area contributed by atoms with Crippen LogP contribution in [0.4, 0.5) is 11.4 Å². The molecule has 2 N–H and O–H groups in total. The molecule has 0 radical (unpaired) electrons. The summed E-state index contributed by atoms with van der Waals surface area (Å²) in [5, 5.41) is 6.04. The van der Waals surface area contributed by atoms with Crippen molar-refractivity contribution in [2.75, 3.05) is 9.62 Å². The highest BCUT2D eigenvalue weighted by Crippen LogP contribution is 2.38. The minimum absolute atomic E-state index is 0.0368. The quantitative estimate of drug-likeness (QED) is 0.483. The number of para-hydroxylation sites is 2. The first-order valence-corrected chi connectivity index (χ1v) is 13.3. The highest BCUT2D eigenvalue weighted by molar-refractivity contribution is 7.93. The predicted octanol–water partition coefficient (Wildman–Crippen LogP) is 4.80. The molecule has 0 saturated carbocycles. The lowest BCUT2D eigenvalue weighted by atomic mass is 10.1. The molecule has 36 heavy (non-hydrogen) atoms. The summed E-state index contributed by atoms with van der Waals surface area (Å²) in [5.74, 6) is -0.998.